The lowest BCUT2D eigenvalue weighted by atomic mass is 10.1. The van der Waals surface area contributed by atoms with Gasteiger partial charge in [-0.1, -0.05) is 0 Å². The van der Waals surface area contributed by atoms with Gasteiger partial charge < -0.3 is 5.73 Å². The highest BCUT2D eigenvalue weighted by Crippen LogP contribution is 2.36. The minimum absolute atomic E-state index is 0.225. The number of nitrogens with zero attached hydrogens (tertiary/aromatic N) is 1. The van der Waals surface area contributed by atoms with Crippen LogP contribution in [0.2, 0.25) is 0 Å². The number of thiazole rings is 1. The number of fused-ring (bicyclic) bond motifs is 1. The van der Waals surface area contributed by atoms with Crippen LogP contribution in [0, 0.1) is 5.82 Å². The summed E-state index contributed by atoms with van der Waals surface area (Å²) in [6, 6.07) is 7.92. The van der Waals surface area contributed by atoms with Gasteiger partial charge in [-0.05, 0) is 36.4 Å². The van der Waals surface area contributed by atoms with Crippen LogP contribution in [0.3, 0.4) is 0 Å². The largest absolute Gasteiger partial charge is 0.419 e. The van der Waals surface area contributed by atoms with E-state index in [-0.39, 0.29) is 5.56 Å². The van der Waals surface area contributed by atoms with Crippen molar-refractivity contribution in [2.24, 2.45) is 0 Å². The van der Waals surface area contributed by atoms with E-state index in [0.717, 1.165) is 16.8 Å². The average Bonchev–Trinajstić information content (AvgIpc) is 2.80. The molecule has 108 valence electrons. The van der Waals surface area contributed by atoms with E-state index in [4.69, 9.17) is 5.73 Å². The molecule has 0 aliphatic carbocycles. The molecular weight excluding hydrogens is 304 g/mol. The van der Waals surface area contributed by atoms with Gasteiger partial charge in [0.05, 0.1) is 15.8 Å². The molecule has 0 spiro atoms. The van der Waals surface area contributed by atoms with Gasteiger partial charge in [0, 0.05) is 11.3 Å². The molecule has 0 aliphatic rings. The molecule has 0 radical (unpaired) electrons. The van der Waals surface area contributed by atoms with Crippen molar-refractivity contribution in [1.82, 2.24) is 4.98 Å². The van der Waals surface area contributed by atoms with Crippen molar-refractivity contribution in [2.45, 2.75) is 6.18 Å². The summed E-state index contributed by atoms with van der Waals surface area (Å²) in [6.45, 7) is 0. The van der Waals surface area contributed by atoms with Crippen LogP contribution in [-0.4, -0.2) is 4.98 Å². The molecule has 0 bridgehead atoms. The molecule has 0 amide bonds. The predicted octanol–water partition coefficient (Wildman–Crippen LogP) is 4.70. The number of nitrogens with two attached hydrogens (primary N) is 1. The smallest absolute Gasteiger partial charge is 0.399 e. The van der Waals surface area contributed by atoms with Crippen LogP contribution in [0.4, 0.5) is 23.2 Å². The Hall–Kier alpha value is -2.15. The molecule has 7 heteroatoms. The van der Waals surface area contributed by atoms with Crippen molar-refractivity contribution in [3.8, 4) is 10.6 Å². The normalized spacial score (nSPS) is 12.0. The van der Waals surface area contributed by atoms with Crippen molar-refractivity contribution in [3.05, 3.63) is 47.8 Å². The Morgan fingerprint density at radius 3 is 2.52 bits per heavy atom. The van der Waals surface area contributed by atoms with Gasteiger partial charge in [-0.3, -0.25) is 0 Å². The Morgan fingerprint density at radius 2 is 1.81 bits per heavy atom. The predicted molar refractivity (Wildman–Crippen MR) is 74.4 cm³/mol. The third-order valence-corrected chi connectivity index (χ3v) is 4.00. The van der Waals surface area contributed by atoms with Crippen molar-refractivity contribution in [2.75, 3.05) is 5.73 Å². The zero-order chi connectivity index (χ0) is 15.2. The monoisotopic (exact) mass is 312 g/mol. The summed E-state index contributed by atoms with van der Waals surface area (Å²) in [5.41, 5.74) is 5.78. The van der Waals surface area contributed by atoms with Crippen molar-refractivity contribution in [3.63, 3.8) is 0 Å². The topological polar surface area (TPSA) is 38.9 Å². The summed E-state index contributed by atoms with van der Waals surface area (Å²) < 4.78 is 52.2. The number of alkyl halides is 3. The highest BCUT2D eigenvalue weighted by atomic mass is 32.1. The van der Waals surface area contributed by atoms with Crippen LogP contribution in [0.5, 0.6) is 0 Å². The van der Waals surface area contributed by atoms with E-state index in [2.05, 4.69) is 4.98 Å². The number of benzene rings is 2. The van der Waals surface area contributed by atoms with Gasteiger partial charge in [0.2, 0.25) is 0 Å². The third kappa shape index (κ3) is 2.56. The lowest BCUT2D eigenvalue weighted by Crippen LogP contribution is -2.08. The number of aromatic nitrogens is 1. The molecule has 2 aromatic carbocycles. The van der Waals surface area contributed by atoms with Crippen LogP contribution >= 0.6 is 11.3 Å². The number of halogens is 4. The van der Waals surface area contributed by atoms with Gasteiger partial charge >= 0.3 is 6.18 Å². The summed E-state index contributed by atoms with van der Waals surface area (Å²) in [5.74, 6) is -1.29. The Bertz CT molecular complexity index is 823. The van der Waals surface area contributed by atoms with Gasteiger partial charge in [0.1, 0.15) is 10.8 Å². The Morgan fingerprint density at radius 1 is 1.05 bits per heavy atom. The number of hydrogen-bond acceptors (Lipinski definition) is 3. The minimum Gasteiger partial charge on any atom is -0.399 e. The number of anilines is 1. The van der Waals surface area contributed by atoms with Gasteiger partial charge in [-0.2, -0.15) is 13.2 Å². The summed E-state index contributed by atoms with van der Waals surface area (Å²) in [5, 5.41) is 0.390. The summed E-state index contributed by atoms with van der Waals surface area (Å²) >= 11 is 1.21. The number of hydrogen-bond donors (Lipinski definition) is 1. The molecule has 0 saturated carbocycles. The Labute approximate surface area is 120 Å². The molecule has 3 rings (SSSR count). The number of rotatable bonds is 1. The van der Waals surface area contributed by atoms with Gasteiger partial charge in [0.15, 0.2) is 0 Å². The van der Waals surface area contributed by atoms with E-state index in [1.807, 2.05) is 0 Å². The molecule has 0 atom stereocenters. The highest BCUT2D eigenvalue weighted by molar-refractivity contribution is 7.21. The standard InChI is InChI=1S/C14H8F4N2S/c15-10-3-1-7(5-9(10)14(16,17)18)13-20-11-4-2-8(19)6-12(11)21-13/h1-6H,19H2. The fraction of sp³-hybridized carbons (Fsp3) is 0.0714. The first-order chi connectivity index (χ1) is 9.84. The summed E-state index contributed by atoms with van der Waals surface area (Å²) in [4.78, 5) is 4.25. The molecule has 0 unspecified atom stereocenters. The second-order valence-corrected chi connectivity index (χ2v) is 5.47. The van der Waals surface area contributed by atoms with Gasteiger partial charge in [-0.25, -0.2) is 9.37 Å². The zero-order valence-corrected chi connectivity index (χ0v) is 11.2. The van der Waals surface area contributed by atoms with Crippen molar-refractivity contribution in [1.29, 1.82) is 0 Å². The molecular formula is C14H8F4N2S. The lowest BCUT2D eigenvalue weighted by molar-refractivity contribution is -0.139. The first-order valence-electron chi connectivity index (χ1n) is 5.88. The zero-order valence-electron chi connectivity index (χ0n) is 10.4. The van der Waals surface area contributed by atoms with Gasteiger partial charge in [0.25, 0.3) is 0 Å². The maximum Gasteiger partial charge on any atom is 0.419 e. The molecule has 0 aliphatic heterocycles. The summed E-state index contributed by atoms with van der Waals surface area (Å²) in [7, 11) is 0. The van der Waals surface area contributed by atoms with Crippen LogP contribution in [0.25, 0.3) is 20.8 Å². The first kappa shape index (κ1) is 13.8. The van der Waals surface area contributed by atoms with Gasteiger partial charge in [-0.15, -0.1) is 11.3 Å². The Kier molecular flexibility index (Phi) is 3.09. The van der Waals surface area contributed by atoms with Crippen LogP contribution in [0.15, 0.2) is 36.4 Å². The Balaban J connectivity index is 2.14. The fourth-order valence-electron chi connectivity index (χ4n) is 1.94. The molecule has 1 aromatic heterocycles. The molecule has 3 aromatic rings. The highest BCUT2D eigenvalue weighted by Gasteiger charge is 2.34. The second kappa shape index (κ2) is 4.70. The molecule has 0 saturated heterocycles. The summed E-state index contributed by atoms with van der Waals surface area (Å²) in [6.07, 6.45) is -4.73. The van der Waals surface area contributed by atoms with E-state index in [0.29, 0.717) is 16.2 Å². The second-order valence-electron chi connectivity index (χ2n) is 4.44. The SMILES string of the molecule is Nc1ccc2nc(-c3ccc(F)c(C(F)(F)F)c3)sc2c1. The van der Waals surface area contributed by atoms with E-state index in [1.165, 1.54) is 17.4 Å². The van der Waals surface area contributed by atoms with E-state index >= 15 is 0 Å². The van der Waals surface area contributed by atoms with Crippen molar-refractivity contribution < 1.29 is 17.6 Å². The van der Waals surface area contributed by atoms with E-state index < -0.39 is 17.6 Å². The average molecular weight is 312 g/mol. The minimum atomic E-state index is -4.73. The van der Waals surface area contributed by atoms with E-state index in [9.17, 15) is 17.6 Å². The quantitative estimate of drug-likeness (QED) is 0.522. The first-order valence-corrected chi connectivity index (χ1v) is 6.69. The maximum atomic E-state index is 13.3. The van der Waals surface area contributed by atoms with Crippen molar-refractivity contribution >= 4 is 27.2 Å². The maximum absolute atomic E-state index is 13.3. The number of nitrogen functional groups attached to an aromatic ring is 1. The molecule has 0 fully saturated rings. The molecule has 1 heterocycles. The molecule has 2 N–H and O–H groups in total. The molecule has 21 heavy (non-hydrogen) atoms. The third-order valence-electron chi connectivity index (χ3n) is 2.93. The van der Waals surface area contributed by atoms with Crippen LogP contribution in [-0.2, 0) is 6.18 Å². The lowest BCUT2D eigenvalue weighted by Gasteiger charge is -2.08. The molecule has 2 nitrogen and oxygen atoms in total. The van der Waals surface area contributed by atoms with Crippen LogP contribution < -0.4 is 5.73 Å². The van der Waals surface area contributed by atoms with Crippen LogP contribution in [0.1, 0.15) is 5.56 Å². The fourth-order valence-corrected chi connectivity index (χ4v) is 2.95. The van der Waals surface area contributed by atoms with E-state index in [1.54, 1.807) is 18.2 Å².